The zero-order valence-electron chi connectivity index (χ0n) is 20.0. The summed E-state index contributed by atoms with van der Waals surface area (Å²) in [4.78, 5) is 0. The fourth-order valence-corrected chi connectivity index (χ4v) is 9.26. The lowest BCUT2D eigenvalue weighted by Crippen LogP contribution is -2.58. The van der Waals surface area contributed by atoms with Crippen molar-refractivity contribution < 1.29 is 15.3 Å². The van der Waals surface area contributed by atoms with Gasteiger partial charge in [0.15, 0.2) is 0 Å². The van der Waals surface area contributed by atoms with Gasteiger partial charge in [-0.3, -0.25) is 0 Å². The van der Waals surface area contributed by atoms with E-state index in [0.29, 0.717) is 47.0 Å². The Bertz CT molecular complexity index is 593. The molecule has 0 spiro atoms. The quantitative estimate of drug-likeness (QED) is 0.538. The Morgan fingerprint density at radius 2 is 1.57 bits per heavy atom. The van der Waals surface area contributed by atoms with Crippen LogP contribution in [0.4, 0.5) is 0 Å². The Morgan fingerprint density at radius 3 is 2.30 bits per heavy atom. The molecule has 0 aliphatic heterocycles. The zero-order chi connectivity index (χ0) is 21.7. The molecule has 0 aromatic heterocycles. The number of aliphatic hydroxyl groups excluding tert-OH is 3. The average molecular weight is 421 g/mol. The Morgan fingerprint density at radius 1 is 0.867 bits per heavy atom. The zero-order valence-corrected chi connectivity index (χ0v) is 20.0. The van der Waals surface area contributed by atoms with Gasteiger partial charge < -0.3 is 15.3 Å². The van der Waals surface area contributed by atoms with E-state index >= 15 is 0 Å². The maximum Gasteiger partial charge on any atom is 0.0577 e. The molecule has 0 heterocycles. The molecule has 0 bridgehead atoms. The Kier molecular flexibility index (Phi) is 6.66. The fourth-order valence-electron chi connectivity index (χ4n) is 9.26. The van der Waals surface area contributed by atoms with E-state index in [1.54, 1.807) is 0 Å². The molecule has 0 aromatic carbocycles. The second-order valence-corrected chi connectivity index (χ2v) is 12.6. The number of rotatable bonds is 6. The lowest BCUT2D eigenvalue weighted by molar-refractivity contribution is -0.174. The van der Waals surface area contributed by atoms with Crippen LogP contribution in [0, 0.1) is 52.3 Å². The van der Waals surface area contributed by atoms with Gasteiger partial charge in [-0.1, -0.05) is 40.5 Å². The van der Waals surface area contributed by atoms with Crippen molar-refractivity contribution in [2.24, 2.45) is 52.3 Å². The lowest BCUT2D eigenvalue weighted by atomic mass is 9.43. The van der Waals surface area contributed by atoms with Crippen LogP contribution in [0.2, 0.25) is 0 Å². The van der Waals surface area contributed by atoms with Crippen LogP contribution in [0.1, 0.15) is 98.3 Å². The standard InChI is InChI=1S/C27H48O3/c1-17(16-28)6-5-7-18(2)21-8-9-22-25-23(11-13-27(21,22)4)26(3)12-10-20(29)14-19(26)15-24(25)30/h17-25,28-30H,5-16H2,1-4H3/t17?,18?,19?,20-,21?,22?,23?,24?,25?,26?,27?/m1/s1. The van der Waals surface area contributed by atoms with Crippen molar-refractivity contribution in [1.82, 2.24) is 0 Å². The summed E-state index contributed by atoms with van der Waals surface area (Å²) < 4.78 is 0. The topological polar surface area (TPSA) is 60.7 Å². The third kappa shape index (κ3) is 3.79. The maximum absolute atomic E-state index is 11.4. The van der Waals surface area contributed by atoms with Crippen LogP contribution in [0.15, 0.2) is 0 Å². The molecule has 4 aliphatic rings. The largest absolute Gasteiger partial charge is 0.396 e. The predicted molar refractivity (Wildman–Crippen MR) is 122 cm³/mol. The van der Waals surface area contributed by atoms with Crippen molar-refractivity contribution in [1.29, 1.82) is 0 Å². The van der Waals surface area contributed by atoms with Gasteiger partial charge in [0.25, 0.3) is 0 Å². The van der Waals surface area contributed by atoms with E-state index in [2.05, 4.69) is 27.7 Å². The van der Waals surface area contributed by atoms with E-state index in [-0.39, 0.29) is 12.2 Å². The number of hydrogen-bond acceptors (Lipinski definition) is 3. The monoisotopic (exact) mass is 420 g/mol. The summed E-state index contributed by atoms with van der Waals surface area (Å²) in [5, 5.41) is 30.9. The summed E-state index contributed by atoms with van der Waals surface area (Å²) >= 11 is 0. The molecule has 0 amide bonds. The van der Waals surface area contributed by atoms with Crippen LogP contribution in [-0.2, 0) is 0 Å². The van der Waals surface area contributed by atoms with Crippen molar-refractivity contribution in [3.05, 3.63) is 0 Å². The van der Waals surface area contributed by atoms with Gasteiger partial charge in [0.1, 0.15) is 0 Å². The highest BCUT2D eigenvalue weighted by Gasteiger charge is 2.62. The molecule has 4 rings (SSSR count). The number of aliphatic hydroxyl groups is 3. The smallest absolute Gasteiger partial charge is 0.0577 e. The first-order valence-electron chi connectivity index (χ1n) is 13.2. The van der Waals surface area contributed by atoms with Gasteiger partial charge in [0.05, 0.1) is 12.2 Å². The van der Waals surface area contributed by atoms with Gasteiger partial charge in [0, 0.05) is 6.61 Å². The van der Waals surface area contributed by atoms with Crippen LogP contribution >= 0.6 is 0 Å². The van der Waals surface area contributed by atoms with Gasteiger partial charge in [-0.15, -0.1) is 0 Å². The van der Waals surface area contributed by atoms with E-state index in [4.69, 9.17) is 0 Å². The minimum atomic E-state index is -0.164. The highest BCUT2D eigenvalue weighted by atomic mass is 16.3. The summed E-state index contributed by atoms with van der Waals surface area (Å²) in [5.41, 5.74) is 0.718. The molecular formula is C27H48O3. The van der Waals surface area contributed by atoms with Crippen molar-refractivity contribution >= 4 is 0 Å². The minimum absolute atomic E-state index is 0.147. The second-order valence-electron chi connectivity index (χ2n) is 12.6. The Labute approximate surface area is 185 Å². The normalized spacial score (nSPS) is 50.3. The second kappa shape index (κ2) is 8.67. The van der Waals surface area contributed by atoms with Crippen molar-refractivity contribution in [2.45, 2.75) is 111 Å². The predicted octanol–water partition coefficient (Wildman–Crippen LogP) is 5.41. The van der Waals surface area contributed by atoms with Gasteiger partial charge in [-0.2, -0.15) is 0 Å². The van der Waals surface area contributed by atoms with Crippen molar-refractivity contribution in [3.63, 3.8) is 0 Å². The first kappa shape index (κ1) is 23.1. The van der Waals surface area contributed by atoms with Crippen LogP contribution in [0.25, 0.3) is 0 Å². The van der Waals surface area contributed by atoms with Crippen molar-refractivity contribution in [2.75, 3.05) is 6.61 Å². The first-order chi connectivity index (χ1) is 14.2. The van der Waals surface area contributed by atoms with E-state index in [9.17, 15) is 15.3 Å². The summed E-state index contributed by atoms with van der Waals surface area (Å²) in [6, 6.07) is 0. The Balaban J connectivity index is 1.47. The molecule has 30 heavy (non-hydrogen) atoms. The molecule has 0 saturated heterocycles. The molecular weight excluding hydrogens is 372 g/mol. The van der Waals surface area contributed by atoms with E-state index in [1.807, 2.05) is 0 Å². The Hall–Kier alpha value is -0.120. The van der Waals surface area contributed by atoms with Crippen LogP contribution in [0.5, 0.6) is 0 Å². The first-order valence-corrected chi connectivity index (χ1v) is 13.2. The molecule has 4 aliphatic carbocycles. The molecule has 174 valence electrons. The maximum atomic E-state index is 11.4. The molecule has 11 atom stereocenters. The number of hydrogen-bond donors (Lipinski definition) is 3. The van der Waals surface area contributed by atoms with Gasteiger partial charge in [-0.25, -0.2) is 0 Å². The molecule has 0 radical (unpaired) electrons. The summed E-state index contributed by atoms with van der Waals surface area (Å²) in [6.07, 6.45) is 12.5. The van der Waals surface area contributed by atoms with Crippen LogP contribution in [0.3, 0.4) is 0 Å². The summed E-state index contributed by atoms with van der Waals surface area (Å²) in [7, 11) is 0. The SMILES string of the molecule is CC(CO)CCCC(C)C1CCC2C3C(O)CC4C[C@H](O)CCC4(C)C3CCC12C. The molecule has 3 heteroatoms. The number of fused-ring (bicyclic) bond motifs is 5. The highest BCUT2D eigenvalue weighted by molar-refractivity contribution is 5.11. The lowest BCUT2D eigenvalue weighted by Gasteiger charge is -2.62. The van der Waals surface area contributed by atoms with E-state index in [1.165, 1.54) is 38.5 Å². The van der Waals surface area contributed by atoms with Gasteiger partial charge in [-0.05, 0) is 110 Å². The van der Waals surface area contributed by atoms with E-state index < -0.39 is 0 Å². The third-order valence-electron chi connectivity index (χ3n) is 11.1. The molecule has 10 unspecified atom stereocenters. The molecule has 4 fully saturated rings. The van der Waals surface area contributed by atoms with E-state index in [0.717, 1.165) is 43.9 Å². The summed E-state index contributed by atoms with van der Waals surface area (Å²) in [6.45, 7) is 10.0. The average Bonchev–Trinajstić information content (AvgIpc) is 3.06. The van der Waals surface area contributed by atoms with Gasteiger partial charge in [0.2, 0.25) is 0 Å². The molecule has 0 aromatic rings. The van der Waals surface area contributed by atoms with Crippen molar-refractivity contribution in [3.8, 4) is 0 Å². The minimum Gasteiger partial charge on any atom is -0.396 e. The highest BCUT2D eigenvalue weighted by Crippen LogP contribution is 2.68. The van der Waals surface area contributed by atoms with Crippen LogP contribution < -0.4 is 0 Å². The van der Waals surface area contributed by atoms with Crippen LogP contribution in [-0.4, -0.2) is 34.1 Å². The third-order valence-corrected chi connectivity index (χ3v) is 11.1. The molecule has 3 N–H and O–H groups in total. The van der Waals surface area contributed by atoms with Gasteiger partial charge >= 0.3 is 0 Å². The molecule has 4 saturated carbocycles. The summed E-state index contributed by atoms with van der Waals surface area (Å²) in [5.74, 6) is 4.28. The fraction of sp³-hybridized carbons (Fsp3) is 1.00. The molecule has 3 nitrogen and oxygen atoms in total.